The summed E-state index contributed by atoms with van der Waals surface area (Å²) >= 11 is 0. The van der Waals surface area contributed by atoms with Crippen molar-refractivity contribution in [3.8, 4) is 11.8 Å². The van der Waals surface area contributed by atoms with E-state index >= 15 is 0 Å². The topological polar surface area (TPSA) is 83.8 Å². The maximum atomic E-state index is 12.2. The summed E-state index contributed by atoms with van der Waals surface area (Å²) < 4.78 is 4.58. The number of aliphatic hydroxyl groups is 2. The van der Waals surface area contributed by atoms with E-state index in [2.05, 4.69) is 30.1 Å². The Kier molecular flexibility index (Phi) is 10.8. The van der Waals surface area contributed by atoms with Gasteiger partial charge in [-0.25, -0.2) is 0 Å². The molecule has 0 aromatic heterocycles. The van der Waals surface area contributed by atoms with Crippen molar-refractivity contribution >= 4 is 11.8 Å². The van der Waals surface area contributed by atoms with Gasteiger partial charge in [0, 0.05) is 37.5 Å². The van der Waals surface area contributed by atoms with Crippen LogP contribution in [-0.2, 0) is 14.3 Å². The van der Waals surface area contributed by atoms with Crippen molar-refractivity contribution in [2.45, 2.75) is 76.4 Å². The van der Waals surface area contributed by atoms with Gasteiger partial charge in [-0.15, -0.1) is 18.4 Å². The molecular weight excluding hydrogens is 356 g/mol. The van der Waals surface area contributed by atoms with E-state index in [1.165, 1.54) is 7.11 Å². The summed E-state index contributed by atoms with van der Waals surface area (Å²) in [6.07, 6.45) is 9.60. The third kappa shape index (κ3) is 8.00. The second-order valence-corrected chi connectivity index (χ2v) is 7.45. The first-order valence-corrected chi connectivity index (χ1v) is 10.1. The van der Waals surface area contributed by atoms with Crippen LogP contribution in [0.15, 0.2) is 24.8 Å². The standard InChI is InChI=1S/C23H34O5/c1-4-6-15-23(27,5-2)16-11-13-19-18(20(24)17-21(19)25)12-9-7-8-10-14-22(26)28-3/h5,11,13,18-19,21,25,27H,2,4,6,8,10,12,14-17H2,1,3H3/b13-11-/t18-,19-,21?,23?/m1/s1. The third-order valence-electron chi connectivity index (χ3n) is 5.26. The van der Waals surface area contributed by atoms with Crippen LogP contribution in [0.1, 0.15) is 64.7 Å². The molecule has 28 heavy (non-hydrogen) atoms. The highest BCUT2D eigenvalue weighted by atomic mass is 16.5. The fourth-order valence-electron chi connectivity index (χ4n) is 3.38. The molecule has 0 bridgehead atoms. The number of unbranched alkanes of at least 4 members (excludes halogenated alkanes) is 2. The lowest BCUT2D eigenvalue weighted by molar-refractivity contribution is -0.140. The molecular formula is C23H34O5. The Hall–Kier alpha value is -1.90. The summed E-state index contributed by atoms with van der Waals surface area (Å²) in [4.78, 5) is 23.3. The minimum Gasteiger partial charge on any atom is -0.469 e. The average molecular weight is 391 g/mol. The second-order valence-electron chi connectivity index (χ2n) is 7.45. The molecule has 0 saturated heterocycles. The van der Waals surface area contributed by atoms with Crippen LogP contribution in [0, 0.1) is 23.7 Å². The van der Waals surface area contributed by atoms with Crippen molar-refractivity contribution in [2.75, 3.05) is 7.11 Å². The highest BCUT2D eigenvalue weighted by molar-refractivity contribution is 5.85. The van der Waals surface area contributed by atoms with Gasteiger partial charge in [0.2, 0.25) is 0 Å². The number of aliphatic hydroxyl groups excluding tert-OH is 1. The summed E-state index contributed by atoms with van der Waals surface area (Å²) in [6, 6.07) is 0. The van der Waals surface area contributed by atoms with Crippen LogP contribution in [0.5, 0.6) is 0 Å². The van der Waals surface area contributed by atoms with Crippen molar-refractivity contribution < 1.29 is 24.5 Å². The Morgan fingerprint density at radius 1 is 1.39 bits per heavy atom. The van der Waals surface area contributed by atoms with E-state index in [0.717, 1.165) is 12.8 Å². The van der Waals surface area contributed by atoms with Gasteiger partial charge in [-0.1, -0.05) is 38.0 Å². The van der Waals surface area contributed by atoms with E-state index in [9.17, 15) is 19.8 Å². The number of ketones is 1. The number of Topliss-reactive ketones (excluding diaryl/α,β-unsaturated/α-hetero) is 1. The summed E-state index contributed by atoms with van der Waals surface area (Å²) in [6.45, 7) is 5.80. The summed E-state index contributed by atoms with van der Waals surface area (Å²) in [5, 5.41) is 20.8. The lowest BCUT2D eigenvalue weighted by Gasteiger charge is -2.23. The molecule has 4 atom stereocenters. The maximum Gasteiger partial charge on any atom is 0.305 e. The number of hydrogen-bond donors (Lipinski definition) is 2. The molecule has 1 aliphatic carbocycles. The van der Waals surface area contributed by atoms with E-state index in [1.54, 1.807) is 6.08 Å². The van der Waals surface area contributed by atoms with Gasteiger partial charge in [-0.05, 0) is 19.3 Å². The molecule has 0 radical (unpaired) electrons. The van der Waals surface area contributed by atoms with Gasteiger partial charge in [0.15, 0.2) is 0 Å². The number of methoxy groups -OCH3 is 1. The monoisotopic (exact) mass is 390 g/mol. The van der Waals surface area contributed by atoms with E-state index in [-0.39, 0.29) is 30.0 Å². The number of hydrogen-bond acceptors (Lipinski definition) is 5. The van der Waals surface area contributed by atoms with Gasteiger partial charge < -0.3 is 14.9 Å². The minimum absolute atomic E-state index is 0.0241. The van der Waals surface area contributed by atoms with Crippen LogP contribution in [0.25, 0.3) is 0 Å². The van der Waals surface area contributed by atoms with Crippen molar-refractivity contribution in [3.05, 3.63) is 24.8 Å². The minimum atomic E-state index is -0.949. The molecule has 0 spiro atoms. The Labute approximate surface area is 168 Å². The van der Waals surface area contributed by atoms with E-state index in [4.69, 9.17) is 0 Å². The van der Waals surface area contributed by atoms with E-state index in [1.807, 2.05) is 12.2 Å². The predicted molar refractivity (Wildman–Crippen MR) is 109 cm³/mol. The summed E-state index contributed by atoms with van der Waals surface area (Å²) in [7, 11) is 1.36. The Balaban J connectivity index is 2.60. The second kappa shape index (κ2) is 12.5. The quantitative estimate of drug-likeness (QED) is 0.245. The summed E-state index contributed by atoms with van der Waals surface area (Å²) in [5.74, 6) is 5.17. The maximum absolute atomic E-state index is 12.2. The molecule has 0 aromatic carbocycles. The Bertz CT molecular complexity index is 612. The number of carbonyl (C=O) groups is 2. The van der Waals surface area contributed by atoms with Crippen molar-refractivity contribution in [1.82, 2.24) is 0 Å². The van der Waals surface area contributed by atoms with Crippen molar-refractivity contribution in [2.24, 2.45) is 11.8 Å². The van der Waals surface area contributed by atoms with Crippen LogP contribution in [0.3, 0.4) is 0 Å². The van der Waals surface area contributed by atoms with Gasteiger partial charge >= 0.3 is 5.97 Å². The average Bonchev–Trinajstić information content (AvgIpc) is 2.95. The van der Waals surface area contributed by atoms with Crippen LogP contribution >= 0.6 is 0 Å². The van der Waals surface area contributed by atoms with Crippen LogP contribution < -0.4 is 0 Å². The van der Waals surface area contributed by atoms with Gasteiger partial charge in [-0.3, -0.25) is 9.59 Å². The first kappa shape index (κ1) is 24.1. The zero-order valence-corrected chi connectivity index (χ0v) is 17.2. The molecule has 5 heteroatoms. The zero-order valence-electron chi connectivity index (χ0n) is 17.2. The van der Waals surface area contributed by atoms with Gasteiger partial charge in [0.1, 0.15) is 5.78 Å². The molecule has 156 valence electrons. The van der Waals surface area contributed by atoms with Gasteiger partial charge in [0.05, 0.1) is 18.8 Å². The molecule has 1 rings (SSSR count). The summed E-state index contributed by atoms with van der Waals surface area (Å²) in [5.41, 5.74) is -0.949. The molecule has 0 amide bonds. The Morgan fingerprint density at radius 3 is 2.79 bits per heavy atom. The normalized spacial score (nSPS) is 23.9. The molecule has 0 heterocycles. The molecule has 0 aliphatic heterocycles. The molecule has 2 N–H and O–H groups in total. The molecule has 1 saturated carbocycles. The number of rotatable bonds is 11. The van der Waals surface area contributed by atoms with Crippen molar-refractivity contribution in [1.29, 1.82) is 0 Å². The van der Waals surface area contributed by atoms with Crippen LogP contribution in [0.4, 0.5) is 0 Å². The lowest BCUT2D eigenvalue weighted by Crippen LogP contribution is -2.25. The molecule has 1 aliphatic rings. The third-order valence-corrected chi connectivity index (χ3v) is 5.26. The number of esters is 1. The van der Waals surface area contributed by atoms with Crippen LogP contribution in [0.2, 0.25) is 0 Å². The van der Waals surface area contributed by atoms with E-state index < -0.39 is 11.7 Å². The first-order chi connectivity index (χ1) is 13.4. The lowest BCUT2D eigenvalue weighted by atomic mass is 9.88. The molecule has 1 fully saturated rings. The molecule has 2 unspecified atom stereocenters. The smallest absolute Gasteiger partial charge is 0.305 e. The number of carbonyl (C=O) groups excluding carboxylic acids is 2. The van der Waals surface area contributed by atoms with E-state index in [0.29, 0.717) is 38.5 Å². The first-order valence-electron chi connectivity index (χ1n) is 10.1. The SMILES string of the molecule is C=CC(O)(C/C=C\[C@H]1C(O)CC(=O)[C@@H]1CC#CCCCC(=O)OC)CCCC. The van der Waals surface area contributed by atoms with Gasteiger partial charge in [0.25, 0.3) is 0 Å². The number of ether oxygens (including phenoxy) is 1. The highest BCUT2D eigenvalue weighted by Gasteiger charge is 2.39. The largest absolute Gasteiger partial charge is 0.469 e. The molecule has 5 nitrogen and oxygen atoms in total. The molecule has 0 aromatic rings. The highest BCUT2D eigenvalue weighted by Crippen LogP contribution is 2.33. The Morgan fingerprint density at radius 2 is 2.14 bits per heavy atom. The van der Waals surface area contributed by atoms with Crippen molar-refractivity contribution in [3.63, 3.8) is 0 Å². The zero-order chi connectivity index (χ0) is 21.0. The van der Waals surface area contributed by atoms with Gasteiger partial charge in [-0.2, -0.15) is 0 Å². The predicted octanol–water partition coefficient (Wildman–Crippen LogP) is 3.34. The fraction of sp³-hybridized carbons (Fsp3) is 0.652. The van der Waals surface area contributed by atoms with Crippen LogP contribution in [-0.4, -0.2) is 40.8 Å². The fourth-order valence-corrected chi connectivity index (χ4v) is 3.38.